The normalized spacial score (nSPS) is 12.7. The molecule has 0 aromatic carbocycles. The van der Waals surface area contributed by atoms with E-state index in [4.69, 9.17) is 0 Å². The number of hydrogen-bond acceptors (Lipinski definition) is 3. The Bertz CT molecular complexity index is 198. The van der Waals surface area contributed by atoms with Gasteiger partial charge in [0.2, 0.25) is 0 Å². The molecule has 0 rings (SSSR count). The molecular formula is C8H13NO3. The number of Topliss-reactive ketones (excluding diaryl/α,β-unsaturated/α-hetero) is 1. The second kappa shape index (κ2) is 4.74. The Labute approximate surface area is 71.3 Å². The number of nitroso groups, excluding NO2 is 1. The van der Waals surface area contributed by atoms with Gasteiger partial charge in [-0.15, -0.1) is 4.91 Å². The minimum atomic E-state index is -0.874. The Morgan fingerprint density at radius 1 is 1.25 bits per heavy atom. The van der Waals surface area contributed by atoms with E-state index in [1.165, 1.54) is 6.92 Å². The molecule has 68 valence electrons. The average molecular weight is 171 g/mol. The molecule has 0 spiro atoms. The van der Waals surface area contributed by atoms with E-state index >= 15 is 0 Å². The summed E-state index contributed by atoms with van der Waals surface area (Å²) in [5, 5.41) is 2.21. The van der Waals surface area contributed by atoms with Gasteiger partial charge in [-0.1, -0.05) is 13.8 Å². The van der Waals surface area contributed by atoms with Gasteiger partial charge in [0, 0.05) is 11.6 Å². The summed E-state index contributed by atoms with van der Waals surface area (Å²) in [4.78, 5) is 31.6. The van der Waals surface area contributed by atoms with E-state index in [2.05, 4.69) is 5.18 Å². The third-order valence-corrected chi connectivity index (χ3v) is 1.55. The molecule has 0 bridgehead atoms. The molecule has 0 saturated heterocycles. The highest BCUT2D eigenvalue weighted by Crippen LogP contribution is 2.08. The van der Waals surface area contributed by atoms with Crippen LogP contribution in [0.15, 0.2) is 5.18 Å². The summed E-state index contributed by atoms with van der Waals surface area (Å²) in [6.45, 7) is 5.17. The number of amides is 1. The Balaban J connectivity index is 4.10. The van der Waals surface area contributed by atoms with Crippen LogP contribution >= 0.6 is 0 Å². The maximum absolute atomic E-state index is 11.1. The molecule has 4 nitrogen and oxygen atoms in total. The molecule has 4 heteroatoms. The Morgan fingerprint density at radius 2 is 1.75 bits per heavy atom. The van der Waals surface area contributed by atoms with E-state index in [1.54, 1.807) is 0 Å². The minimum Gasteiger partial charge on any atom is -0.299 e. The molecule has 0 heterocycles. The molecule has 12 heavy (non-hydrogen) atoms. The molecule has 1 unspecified atom stereocenters. The van der Waals surface area contributed by atoms with Crippen LogP contribution in [0.2, 0.25) is 0 Å². The van der Waals surface area contributed by atoms with Crippen molar-refractivity contribution >= 4 is 11.7 Å². The molecular weight excluding hydrogens is 158 g/mol. The fourth-order valence-electron chi connectivity index (χ4n) is 0.796. The van der Waals surface area contributed by atoms with Crippen LogP contribution in [0.1, 0.15) is 27.2 Å². The van der Waals surface area contributed by atoms with Crippen molar-refractivity contribution in [3.8, 4) is 0 Å². The Kier molecular flexibility index (Phi) is 4.33. The fraction of sp³-hybridized carbons (Fsp3) is 0.750. The molecule has 0 saturated carbocycles. The van der Waals surface area contributed by atoms with E-state index in [-0.39, 0.29) is 11.7 Å². The van der Waals surface area contributed by atoms with Crippen molar-refractivity contribution in [2.75, 3.05) is 0 Å². The summed E-state index contributed by atoms with van der Waals surface area (Å²) in [6, 6.07) is 0. The third-order valence-electron chi connectivity index (χ3n) is 1.55. The van der Waals surface area contributed by atoms with Gasteiger partial charge in [-0.25, -0.2) is 0 Å². The van der Waals surface area contributed by atoms with Crippen molar-refractivity contribution in [3.05, 3.63) is 4.91 Å². The predicted octanol–water partition coefficient (Wildman–Crippen LogP) is 1.53. The quantitative estimate of drug-likeness (QED) is 0.476. The first-order valence-corrected chi connectivity index (χ1v) is 3.89. The lowest BCUT2D eigenvalue weighted by molar-refractivity contribution is -0.131. The van der Waals surface area contributed by atoms with Gasteiger partial charge in [0.1, 0.15) is 5.78 Å². The van der Waals surface area contributed by atoms with Gasteiger partial charge in [-0.05, 0) is 12.8 Å². The molecule has 0 radical (unpaired) electrons. The average Bonchev–Trinajstić information content (AvgIpc) is 2.00. The predicted molar refractivity (Wildman–Crippen MR) is 44.4 cm³/mol. The number of rotatable bonds is 4. The van der Waals surface area contributed by atoms with Gasteiger partial charge in [-0.2, -0.15) is 0 Å². The zero-order valence-electron chi connectivity index (χ0n) is 7.53. The Morgan fingerprint density at radius 3 is 2.08 bits per heavy atom. The van der Waals surface area contributed by atoms with Crippen LogP contribution in [0.3, 0.4) is 0 Å². The monoisotopic (exact) mass is 171 g/mol. The van der Waals surface area contributed by atoms with Crippen LogP contribution in [0.5, 0.6) is 0 Å². The van der Waals surface area contributed by atoms with Crippen molar-refractivity contribution in [2.45, 2.75) is 27.2 Å². The molecule has 1 amide bonds. The lowest BCUT2D eigenvalue weighted by Gasteiger charge is -2.06. The molecule has 0 N–H and O–H groups in total. The highest BCUT2D eigenvalue weighted by molar-refractivity contribution is 6.01. The first-order valence-electron chi connectivity index (χ1n) is 3.89. The fourth-order valence-corrected chi connectivity index (χ4v) is 0.796. The highest BCUT2D eigenvalue weighted by Gasteiger charge is 2.22. The van der Waals surface area contributed by atoms with E-state index in [0.29, 0.717) is 6.42 Å². The second-order valence-electron chi connectivity index (χ2n) is 3.22. The number of hydrogen-bond donors (Lipinski definition) is 0. The van der Waals surface area contributed by atoms with E-state index < -0.39 is 11.8 Å². The van der Waals surface area contributed by atoms with Gasteiger partial charge >= 0.3 is 0 Å². The van der Waals surface area contributed by atoms with Crippen LogP contribution < -0.4 is 0 Å². The van der Waals surface area contributed by atoms with Crippen molar-refractivity contribution < 1.29 is 9.59 Å². The third kappa shape index (κ3) is 3.37. The summed E-state index contributed by atoms with van der Waals surface area (Å²) in [5.74, 6) is -1.75. The standard InChI is InChI=1S/C8H13NO3/c1-5(2)4-7(10)6(3)8(11)9-12/h5-6H,4H2,1-3H3. The van der Waals surface area contributed by atoms with E-state index in [9.17, 15) is 14.5 Å². The van der Waals surface area contributed by atoms with E-state index in [0.717, 1.165) is 0 Å². The van der Waals surface area contributed by atoms with Crippen molar-refractivity contribution in [2.24, 2.45) is 17.0 Å². The number of ketones is 1. The van der Waals surface area contributed by atoms with Crippen molar-refractivity contribution in [1.29, 1.82) is 0 Å². The smallest absolute Gasteiger partial charge is 0.296 e. The largest absolute Gasteiger partial charge is 0.299 e. The van der Waals surface area contributed by atoms with Gasteiger partial charge in [0.25, 0.3) is 5.91 Å². The maximum atomic E-state index is 11.1. The number of carbonyl (C=O) groups is 2. The van der Waals surface area contributed by atoms with Crippen LogP contribution in [0.4, 0.5) is 0 Å². The number of carbonyl (C=O) groups excluding carboxylic acids is 2. The van der Waals surface area contributed by atoms with Crippen molar-refractivity contribution in [1.82, 2.24) is 0 Å². The van der Waals surface area contributed by atoms with Crippen LogP contribution in [-0.4, -0.2) is 11.7 Å². The minimum absolute atomic E-state index is 0.208. The van der Waals surface area contributed by atoms with Crippen LogP contribution in [0.25, 0.3) is 0 Å². The first kappa shape index (κ1) is 10.9. The van der Waals surface area contributed by atoms with Gasteiger partial charge in [0.15, 0.2) is 0 Å². The van der Waals surface area contributed by atoms with Gasteiger partial charge < -0.3 is 0 Å². The summed E-state index contributed by atoms with van der Waals surface area (Å²) in [5.41, 5.74) is 0. The summed E-state index contributed by atoms with van der Waals surface area (Å²) < 4.78 is 0. The van der Waals surface area contributed by atoms with Crippen LogP contribution in [-0.2, 0) is 9.59 Å². The molecule has 0 fully saturated rings. The topological polar surface area (TPSA) is 63.6 Å². The first-order chi connectivity index (χ1) is 5.49. The van der Waals surface area contributed by atoms with Crippen molar-refractivity contribution in [3.63, 3.8) is 0 Å². The van der Waals surface area contributed by atoms with Crippen LogP contribution in [0, 0.1) is 16.7 Å². The SMILES string of the molecule is CC(C)CC(=O)C(C)C(=O)N=O. The molecule has 0 aliphatic carbocycles. The van der Waals surface area contributed by atoms with Gasteiger partial charge in [0.05, 0.1) is 5.92 Å². The summed E-state index contributed by atoms with van der Waals surface area (Å²) in [6.07, 6.45) is 0.322. The second-order valence-corrected chi connectivity index (χ2v) is 3.22. The summed E-state index contributed by atoms with van der Waals surface area (Å²) in [7, 11) is 0. The molecule has 1 atom stereocenters. The lowest BCUT2D eigenvalue weighted by atomic mass is 9.97. The zero-order chi connectivity index (χ0) is 9.72. The lowest BCUT2D eigenvalue weighted by Crippen LogP contribution is -2.20. The van der Waals surface area contributed by atoms with E-state index in [1.807, 2.05) is 13.8 Å². The zero-order valence-corrected chi connectivity index (χ0v) is 7.53. The molecule has 0 aromatic heterocycles. The Hall–Kier alpha value is -1.06. The molecule has 0 aromatic rings. The molecule has 0 aliphatic rings. The number of nitrogens with zero attached hydrogens (tertiary/aromatic N) is 1. The summed E-state index contributed by atoms with van der Waals surface area (Å²) >= 11 is 0. The molecule has 0 aliphatic heterocycles. The highest BCUT2D eigenvalue weighted by atomic mass is 16.3. The van der Waals surface area contributed by atoms with Gasteiger partial charge in [-0.3, -0.25) is 9.59 Å². The maximum Gasteiger partial charge on any atom is 0.296 e.